The monoisotopic (exact) mass is 315 g/mol. The molecule has 2 heterocycles. The van der Waals surface area contributed by atoms with E-state index in [1.807, 2.05) is 25.1 Å². The molecule has 6 heteroatoms. The van der Waals surface area contributed by atoms with Gasteiger partial charge in [0.25, 0.3) is 5.91 Å². The van der Waals surface area contributed by atoms with Gasteiger partial charge in [0.15, 0.2) is 0 Å². The summed E-state index contributed by atoms with van der Waals surface area (Å²) in [5.41, 5.74) is 1.41. The number of aromatic nitrogens is 2. The maximum atomic E-state index is 12.4. The number of hydrogen-bond donors (Lipinski definition) is 1. The summed E-state index contributed by atoms with van der Waals surface area (Å²) in [4.78, 5) is 12.4. The number of ether oxygens (including phenoxy) is 2. The van der Waals surface area contributed by atoms with E-state index in [2.05, 4.69) is 10.4 Å². The number of nitrogens with zero attached hydrogens (tertiary/aromatic N) is 2. The largest absolute Gasteiger partial charge is 0.491 e. The summed E-state index contributed by atoms with van der Waals surface area (Å²) in [6.07, 6.45) is 2.27. The van der Waals surface area contributed by atoms with Gasteiger partial charge in [0.05, 0.1) is 11.8 Å². The van der Waals surface area contributed by atoms with Crippen LogP contribution in [0.5, 0.6) is 5.75 Å². The molecule has 0 aliphatic carbocycles. The number of nitrogens with one attached hydrogen (secondary N) is 1. The molecule has 1 fully saturated rings. The van der Waals surface area contributed by atoms with Crippen molar-refractivity contribution < 1.29 is 14.3 Å². The Morgan fingerprint density at radius 2 is 2.35 bits per heavy atom. The van der Waals surface area contributed by atoms with Gasteiger partial charge >= 0.3 is 0 Å². The molecule has 0 saturated carbocycles. The zero-order valence-electron chi connectivity index (χ0n) is 13.4. The van der Waals surface area contributed by atoms with Crippen molar-refractivity contribution >= 4 is 11.7 Å². The number of rotatable bonds is 5. The minimum absolute atomic E-state index is 0.157. The second-order valence-electron chi connectivity index (χ2n) is 5.72. The zero-order valence-corrected chi connectivity index (χ0v) is 13.4. The molecule has 23 heavy (non-hydrogen) atoms. The molecule has 0 bridgehead atoms. The zero-order chi connectivity index (χ0) is 16.2. The van der Waals surface area contributed by atoms with Crippen molar-refractivity contribution in [3.63, 3.8) is 0 Å². The van der Waals surface area contributed by atoms with Crippen LogP contribution in [0.1, 0.15) is 28.9 Å². The van der Waals surface area contributed by atoms with Gasteiger partial charge in [0.2, 0.25) is 0 Å². The van der Waals surface area contributed by atoms with Gasteiger partial charge in [-0.2, -0.15) is 5.10 Å². The van der Waals surface area contributed by atoms with E-state index in [-0.39, 0.29) is 12.0 Å². The van der Waals surface area contributed by atoms with Crippen molar-refractivity contribution in [3.8, 4) is 5.75 Å². The second-order valence-corrected chi connectivity index (χ2v) is 5.72. The standard InChI is InChI=1S/C17H21N3O3/c1-12-9-16(20(2)19-12)18-17(21)13-5-3-6-14(10-13)23-11-15-7-4-8-22-15/h3,5-6,9-10,15H,4,7-8,11H2,1-2H3,(H,18,21)/t15-/m1/s1. The van der Waals surface area contributed by atoms with Gasteiger partial charge in [0.1, 0.15) is 18.2 Å². The fraction of sp³-hybridized carbons (Fsp3) is 0.412. The Bertz CT molecular complexity index is 690. The number of carbonyl (C=O) groups excluding carboxylic acids is 1. The molecule has 0 unspecified atom stereocenters. The molecule has 1 aromatic carbocycles. The van der Waals surface area contributed by atoms with Crippen LogP contribution in [0.15, 0.2) is 30.3 Å². The molecule has 6 nitrogen and oxygen atoms in total. The van der Waals surface area contributed by atoms with Gasteiger partial charge in [-0.15, -0.1) is 0 Å². The first-order valence-electron chi connectivity index (χ1n) is 7.78. The van der Waals surface area contributed by atoms with E-state index in [4.69, 9.17) is 9.47 Å². The molecule has 1 aromatic heterocycles. The summed E-state index contributed by atoms with van der Waals surface area (Å²) in [7, 11) is 1.80. The lowest BCUT2D eigenvalue weighted by Crippen LogP contribution is -2.17. The number of carbonyl (C=O) groups is 1. The highest BCUT2D eigenvalue weighted by molar-refractivity contribution is 6.04. The maximum Gasteiger partial charge on any atom is 0.256 e. The lowest BCUT2D eigenvalue weighted by Gasteiger charge is -2.12. The fourth-order valence-corrected chi connectivity index (χ4v) is 2.61. The van der Waals surface area contributed by atoms with Gasteiger partial charge in [-0.05, 0) is 38.0 Å². The first-order valence-corrected chi connectivity index (χ1v) is 7.78. The molecular formula is C17H21N3O3. The van der Waals surface area contributed by atoms with Gasteiger partial charge in [-0.25, -0.2) is 0 Å². The summed E-state index contributed by atoms with van der Waals surface area (Å²) in [6.45, 7) is 3.21. The number of anilines is 1. The lowest BCUT2D eigenvalue weighted by atomic mass is 10.2. The average Bonchev–Trinajstić information content (AvgIpc) is 3.15. The van der Waals surface area contributed by atoms with Gasteiger partial charge < -0.3 is 14.8 Å². The van der Waals surface area contributed by atoms with E-state index in [9.17, 15) is 4.79 Å². The fourth-order valence-electron chi connectivity index (χ4n) is 2.61. The number of hydrogen-bond acceptors (Lipinski definition) is 4. The van der Waals surface area contributed by atoms with Crippen LogP contribution in [0.25, 0.3) is 0 Å². The first kappa shape index (κ1) is 15.6. The van der Waals surface area contributed by atoms with E-state index >= 15 is 0 Å². The van der Waals surface area contributed by atoms with Crippen LogP contribution >= 0.6 is 0 Å². The summed E-state index contributed by atoms with van der Waals surface area (Å²) >= 11 is 0. The molecule has 1 aliphatic rings. The molecule has 1 aliphatic heterocycles. The van der Waals surface area contributed by atoms with Crippen molar-refractivity contribution in [2.24, 2.45) is 7.05 Å². The van der Waals surface area contributed by atoms with E-state index < -0.39 is 0 Å². The van der Waals surface area contributed by atoms with E-state index in [1.165, 1.54) is 0 Å². The average molecular weight is 315 g/mol. The summed E-state index contributed by atoms with van der Waals surface area (Å²) in [6, 6.07) is 8.99. The Morgan fingerprint density at radius 3 is 3.04 bits per heavy atom. The highest BCUT2D eigenvalue weighted by Gasteiger charge is 2.16. The molecule has 1 atom stereocenters. The maximum absolute atomic E-state index is 12.4. The van der Waals surface area contributed by atoms with Gasteiger partial charge in [-0.3, -0.25) is 9.48 Å². The van der Waals surface area contributed by atoms with Crippen LogP contribution in [0.4, 0.5) is 5.82 Å². The Hall–Kier alpha value is -2.34. The van der Waals surface area contributed by atoms with E-state index in [0.29, 0.717) is 23.7 Å². The summed E-state index contributed by atoms with van der Waals surface area (Å²) < 4.78 is 12.9. The van der Waals surface area contributed by atoms with Crippen molar-refractivity contribution in [1.82, 2.24) is 9.78 Å². The van der Waals surface area contributed by atoms with Crippen LogP contribution in [0.2, 0.25) is 0 Å². The Balaban J connectivity index is 1.63. The molecule has 3 rings (SSSR count). The van der Waals surface area contributed by atoms with E-state index in [1.54, 1.807) is 23.9 Å². The van der Waals surface area contributed by atoms with Crippen molar-refractivity contribution in [1.29, 1.82) is 0 Å². The summed E-state index contributed by atoms with van der Waals surface area (Å²) in [5.74, 6) is 1.16. The van der Waals surface area contributed by atoms with Crippen LogP contribution in [-0.4, -0.2) is 35.0 Å². The van der Waals surface area contributed by atoms with Crippen LogP contribution < -0.4 is 10.1 Å². The van der Waals surface area contributed by atoms with Crippen molar-refractivity contribution in [3.05, 3.63) is 41.6 Å². The molecule has 1 amide bonds. The Kier molecular flexibility index (Phi) is 4.62. The molecule has 122 valence electrons. The first-order chi connectivity index (χ1) is 11.1. The minimum Gasteiger partial charge on any atom is -0.491 e. The van der Waals surface area contributed by atoms with Gasteiger partial charge in [0, 0.05) is 25.3 Å². The van der Waals surface area contributed by atoms with Gasteiger partial charge in [-0.1, -0.05) is 6.07 Å². The predicted octanol–water partition coefficient (Wildman–Crippen LogP) is 2.54. The number of aryl methyl sites for hydroxylation is 2. The third-order valence-corrected chi connectivity index (χ3v) is 3.80. The molecular weight excluding hydrogens is 294 g/mol. The molecule has 0 spiro atoms. The SMILES string of the molecule is Cc1cc(NC(=O)c2cccc(OC[C@H]3CCCO3)c2)n(C)n1. The van der Waals surface area contributed by atoms with Crippen LogP contribution in [0, 0.1) is 6.92 Å². The smallest absolute Gasteiger partial charge is 0.256 e. The minimum atomic E-state index is -0.185. The summed E-state index contributed by atoms with van der Waals surface area (Å²) in [5, 5.41) is 7.07. The molecule has 1 N–H and O–H groups in total. The number of benzene rings is 1. The molecule has 1 saturated heterocycles. The van der Waals surface area contributed by atoms with Crippen molar-refractivity contribution in [2.45, 2.75) is 25.9 Å². The Labute approximate surface area is 135 Å². The highest BCUT2D eigenvalue weighted by atomic mass is 16.5. The second kappa shape index (κ2) is 6.83. The van der Waals surface area contributed by atoms with Crippen molar-refractivity contribution in [2.75, 3.05) is 18.5 Å². The molecule has 2 aromatic rings. The predicted molar refractivity (Wildman–Crippen MR) is 86.8 cm³/mol. The highest BCUT2D eigenvalue weighted by Crippen LogP contribution is 2.18. The van der Waals surface area contributed by atoms with E-state index in [0.717, 1.165) is 25.1 Å². The van der Waals surface area contributed by atoms with Crippen LogP contribution in [-0.2, 0) is 11.8 Å². The third-order valence-electron chi connectivity index (χ3n) is 3.80. The lowest BCUT2D eigenvalue weighted by molar-refractivity contribution is 0.0679. The Morgan fingerprint density at radius 1 is 1.48 bits per heavy atom. The van der Waals surface area contributed by atoms with Crippen LogP contribution in [0.3, 0.4) is 0 Å². The topological polar surface area (TPSA) is 65.4 Å². The quantitative estimate of drug-likeness (QED) is 0.921. The number of amides is 1. The molecule has 0 radical (unpaired) electrons. The normalized spacial score (nSPS) is 17.2. The third kappa shape index (κ3) is 3.90.